The van der Waals surface area contributed by atoms with Crippen LogP contribution in [0, 0.1) is 10.1 Å². The maximum Gasteiger partial charge on any atom is 0.306 e. The number of aromatic amines is 1. The molecule has 9 heteroatoms. The molecule has 1 aromatic carbocycles. The third-order valence-electron chi connectivity index (χ3n) is 2.85. The van der Waals surface area contributed by atoms with Crippen LogP contribution in [-0.2, 0) is 6.42 Å². The molecule has 0 fully saturated rings. The number of rotatable bonds is 6. The van der Waals surface area contributed by atoms with Crippen molar-refractivity contribution in [2.75, 3.05) is 12.0 Å². The topological polar surface area (TPSA) is 139 Å². The second kappa shape index (κ2) is 6.48. The largest absolute Gasteiger partial charge is 0.351 e. The number of hydrazine groups is 1. The Hall–Kier alpha value is -2.94. The fourth-order valence-electron chi connectivity index (χ4n) is 1.87. The molecule has 0 aliphatic heterocycles. The standard InChI is InChI=1S/C12H14N6O3/c13-17-10-3-1-2-9(11(10)18(20)21)12(19)15-5-4-8-6-14-7-16-8/h1-3,6-7,17H,4-5,13H2,(H,14,16)(H,15,19). The Morgan fingerprint density at radius 1 is 1.48 bits per heavy atom. The van der Waals surface area contributed by atoms with Crippen LogP contribution in [0.15, 0.2) is 30.7 Å². The second-order valence-electron chi connectivity index (χ2n) is 4.19. The highest BCUT2D eigenvalue weighted by Crippen LogP contribution is 2.27. The number of nitro groups is 1. The normalized spacial score (nSPS) is 10.1. The van der Waals surface area contributed by atoms with E-state index in [1.165, 1.54) is 18.2 Å². The molecule has 1 heterocycles. The van der Waals surface area contributed by atoms with E-state index >= 15 is 0 Å². The molecule has 0 saturated carbocycles. The molecule has 9 nitrogen and oxygen atoms in total. The number of hydrogen-bond donors (Lipinski definition) is 4. The number of nitrogens with one attached hydrogen (secondary N) is 3. The number of carbonyl (C=O) groups excluding carboxylic acids is 1. The van der Waals surface area contributed by atoms with Crippen molar-refractivity contribution in [2.24, 2.45) is 5.84 Å². The van der Waals surface area contributed by atoms with Crippen molar-refractivity contribution in [3.63, 3.8) is 0 Å². The van der Waals surface area contributed by atoms with Gasteiger partial charge in [-0.15, -0.1) is 0 Å². The quantitative estimate of drug-likeness (QED) is 0.348. The molecule has 1 aromatic heterocycles. The van der Waals surface area contributed by atoms with E-state index in [0.29, 0.717) is 13.0 Å². The molecule has 0 unspecified atom stereocenters. The molecule has 21 heavy (non-hydrogen) atoms. The van der Waals surface area contributed by atoms with Crippen molar-refractivity contribution in [1.82, 2.24) is 15.3 Å². The minimum absolute atomic E-state index is 0.0416. The number of nitrogens with two attached hydrogens (primary N) is 1. The smallest absolute Gasteiger partial charge is 0.306 e. The van der Waals surface area contributed by atoms with E-state index < -0.39 is 10.8 Å². The predicted octanol–water partition coefficient (Wildman–Crippen LogP) is 0.576. The van der Waals surface area contributed by atoms with Crippen LogP contribution in [0.5, 0.6) is 0 Å². The zero-order chi connectivity index (χ0) is 15.2. The van der Waals surface area contributed by atoms with Gasteiger partial charge in [0.25, 0.3) is 5.91 Å². The molecule has 0 bridgehead atoms. The average Bonchev–Trinajstić information content (AvgIpc) is 2.99. The number of H-pyrrole nitrogens is 1. The molecule has 0 saturated heterocycles. The van der Waals surface area contributed by atoms with Gasteiger partial charge in [-0.2, -0.15) is 0 Å². The van der Waals surface area contributed by atoms with Gasteiger partial charge >= 0.3 is 5.69 Å². The van der Waals surface area contributed by atoms with Crippen molar-refractivity contribution in [3.8, 4) is 0 Å². The van der Waals surface area contributed by atoms with Gasteiger partial charge in [0, 0.05) is 24.9 Å². The van der Waals surface area contributed by atoms with Crippen LogP contribution in [0.2, 0.25) is 0 Å². The van der Waals surface area contributed by atoms with E-state index in [4.69, 9.17) is 5.84 Å². The number of aromatic nitrogens is 2. The summed E-state index contributed by atoms with van der Waals surface area (Å²) in [4.78, 5) is 29.3. The number of nitrogens with zero attached hydrogens (tertiary/aromatic N) is 2. The third-order valence-corrected chi connectivity index (χ3v) is 2.85. The van der Waals surface area contributed by atoms with Crippen LogP contribution in [0.25, 0.3) is 0 Å². The zero-order valence-electron chi connectivity index (χ0n) is 11.0. The van der Waals surface area contributed by atoms with E-state index in [1.807, 2.05) is 0 Å². The zero-order valence-corrected chi connectivity index (χ0v) is 11.0. The lowest BCUT2D eigenvalue weighted by atomic mass is 10.1. The first kappa shape index (κ1) is 14.5. The molecule has 0 aliphatic carbocycles. The highest BCUT2D eigenvalue weighted by Gasteiger charge is 2.23. The molecular weight excluding hydrogens is 276 g/mol. The van der Waals surface area contributed by atoms with Crippen molar-refractivity contribution < 1.29 is 9.72 Å². The van der Waals surface area contributed by atoms with Gasteiger partial charge in [-0.05, 0) is 12.1 Å². The Balaban J connectivity index is 2.10. The molecule has 5 N–H and O–H groups in total. The lowest BCUT2D eigenvalue weighted by molar-refractivity contribution is -0.384. The summed E-state index contributed by atoms with van der Waals surface area (Å²) in [5.74, 6) is 4.70. The molecule has 0 atom stereocenters. The van der Waals surface area contributed by atoms with E-state index in [2.05, 4.69) is 20.7 Å². The molecule has 2 aromatic rings. The fraction of sp³-hybridized carbons (Fsp3) is 0.167. The minimum atomic E-state index is -0.640. The molecule has 2 rings (SSSR count). The summed E-state index contributed by atoms with van der Waals surface area (Å²) in [7, 11) is 0. The number of benzene rings is 1. The third kappa shape index (κ3) is 3.34. The van der Waals surface area contributed by atoms with E-state index in [9.17, 15) is 14.9 Å². The number of hydrogen-bond acceptors (Lipinski definition) is 6. The Bertz CT molecular complexity index is 640. The second-order valence-corrected chi connectivity index (χ2v) is 4.19. The molecule has 1 amide bonds. The molecule has 0 radical (unpaired) electrons. The summed E-state index contributed by atoms with van der Waals surface area (Å²) in [5, 5.41) is 13.7. The number of nitro benzene ring substituents is 1. The first-order chi connectivity index (χ1) is 10.1. The van der Waals surface area contributed by atoms with Gasteiger partial charge in [0.2, 0.25) is 0 Å². The van der Waals surface area contributed by atoms with Crippen LogP contribution in [0.1, 0.15) is 16.1 Å². The number of anilines is 1. The molecule has 0 aliphatic rings. The maximum atomic E-state index is 12.1. The Morgan fingerprint density at radius 3 is 2.90 bits per heavy atom. The van der Waals surface area contributed by atoms with E-state index in [0.717, 1.165) is 5.69 Å². The van der Waals surface area contributed by atoms with E-state index in [1.54, 1.807) is 12.5 Å². The van der Waals surface area contributed by atoms with Crippen molar-refractivity contribution >= 4 is 17.3 Å². The van der Waals surface area contributed by atoms with Crippen molar-refractivity contribution in [2.45, 2.75) is 6.42 Å². The Labute approximate surface area is 119 Å². The summed E-state index contributed by atoms with van der Waals surface area (Å²) < 4.78 is 0. The summed E-state index contributed by atoms with van der Waals surface area (Å²) in [6.45, 7) is 0.332. The first-order valence-electron chi connectivity index (χ1n) is 6.13. The lowest BCUT2D eigenvalue weighted by Crippen LogP contribution is -2.27. The van der Waals surface area contributed by atoms with Gasteiger partial charge in [-0.1, -0.05) is 6.07 Å². The number of amides is 1. The van der Waals surface area contributed by atoms with Crippen LogP contribution in [-0.4, -0.2) is 27.3 Å². The van der Waals surface area contributed by atoms with E-state index in [-0.39, 0.29) is 16.9 Å². The minimum Gasteiger partial charge on any atom is -0.351 e. The van der Waals surface area contributed by atoms with Crippen LogP contribution in [0.3, 0.4) is 0 Å². The first-order valence-corrected chi connectivity index (χ1v) is 6.13. The van der Waals surface area contributed by atoms with Gasteiger partial charge in [0.05, 0.1) is 11.3 Å². The molecule has 0 spiro atoms. The summed E-state index contributed by atoms with van der Waals surface area (Å²) in [5.41, 5.74) is 2.77. The molecular formula is C12H14N6O3. The highest BCUT2D eigenvalue weighted by molar-refractivity contribution is 6.00. The van der Waals surface area contributed by atoms with Gasteiger partial charge in [0.1, 0.15) is 11.3 Å². The number of nitrogen functional groups attached to an aromatic ring is 1. The van der Waals surface area contributed by atoms with Gasteiger partial charge in [-0.25, -0.2) is 4.98 Å². The Kier molecular flexibility index (Phi) is 4.46. The van der Waals surface area contributed by atoms with Crippen LogP contribution < -0.4 is 16.6 Å². The predicted molar refractivity (Wildman–Crippen MR) is 75.5 cm³/mol. The van der Waals surface area contributed by atoms with Gasteiger partial charge in [-0.3, -0.25) is 20.8 Å². The van der Waals surface area contributed by atoms with Crippen LogP contribution >= 0.6 is 0 Å². The summed E-state index contributed by atoms with van der Waals surface area (Å²) >= 11 is 0. The van der Waals surface area contributed by atoms with Gasteiger partial charge in [0.15, 0.2) is 0 Å². The summed E-state index contributed by atoms with van der Waals surface area (Å²) in [6, 6.07) is 4.33. The number of para-hydroxylation sites is 1. The van der Waals surface area contributed by atoms with Crippen molar-refractivity contribution in [1.29, 1.82) is 0 Å². The fourth-order valence-corrected chi connectivity index (χ4v) is 1.87. The van der Waals surface area contributed by atoms with Gasteiger partial charge < -0.3 is 15.7 Å². The lowest BCUT2D eigenvalue weighted by Gasteiger charge is -2.08. The number of imidazole rings is 1. The SMILES string of the molecule is NNc1cccc(C(=O)NCCc2cnc[nH]2)c1[N+](=O)[O-]. The Morgan fingerprint density at radius 2 is 2.29 bits per heavy atom. The average molecular weight is 290 g/mol. The maximum absolute atomic E-state index is 12.1. The highest BCUT2D eigenvalue weighted by atomic mass is 16.6. The summed E-state index contributed by atoms with van der Waals surface area (Å²) in [6.07, 6.45) is 3.74. The van der Waals surface area contributed by atoms with Crippen molar-refractivity contribution in [3.05, 3.63) is 52.1 Å². The van der Waals surface area contributed by atoms with Crippen LogP contribution in [0.4, 0.5) is 11.4 Å². The number of carbonyl (C=O) groups is 1. The monoisotopic (exact) mass is 290 g/mol. The molecule has 110 valence electrons.